The molecule has 10 heteroatoms. The maximum atomic E-state index is 13.5. The van der Waals surface area contributed by atoms with Crippen molar-refractivity contribution >= 4 is 43.5 Å². The van der Waals surface area contributed by atoms with Crippen molar-refractivity contribution in [1.29, 1.82) is 0 Å². The van der Waals surface area contributed by atoms with E-state index < -0.39 is 28.5 Å². The van der Waals surface area contributed by atoms with Crippen LogP contribution in [0.15, 0.2) is 46.9 Å². The largest absolute Gasteiger partial charge is 0.497 e. The number of amides is 2. The first-order valence-corrected chi connectivity index (χ1v) is 13.0. The maximum absolute atomic E-state index is 13.5. The van der Waals surface area contributed by atoms with Gasteiger partial charge in [0, 0.05) is 18.1 Å². The number of carbonyl (C=O) groups excluding carboxylic acids is 2. The normalized spacial score (nSPS) is 12.1. The molecule has 1 atom stereocenters. The molecule has 0 saturated carbocycles. The summed E-state index contributed by atoms with van der Waals surface area (Å²) in [5.41, 5.74) is 2.00. The lowest BCUT2D eigenvalue weighted by Crippen LogP contribution is -2.51. The van der Waals surface area contributed by atoms with Crippen molar-refractivity contribution in [1.82, 2.24) is 10.2 Å². The number of ether oxygens (including phenoxy) is 1. The summed E-state index contributed by atoms with van der Waals surface area (Å²) >= 11 is 3.41. The van der Waals surface area contributed by atoms with Gasteiger partial charge in [-0.3, -0.25) is 13.9 Å². The number of anilines is 1. The first kappa shape index (κ1) is 26.7. The molecule has 0 aliphatic heterocycles. The first-order chi connectivity index (χ1) is 15.5. The Bertz CT molecular complexity index is 1090. The molecular formula is C23H30BrN3O5S. The number of methoxy groups -OCH3 is 1. The lowest BCUT2D eigenvalue weighted by atomic mass is 10.1. The van der Waals surface area contributed by atoms with Crippen LogP contribution in [0.2, 0.25) is 0 Å². The number of halogens is 1. The van der Waals surface area contributed by atoms with Gasteiger partial charge < -0.3 is 15.0 Å². The van der Waals surface area contributed by atoms with E-state index in [0.29, 0.717) is 17.9 Å². The molecule has 8 nitrogen and oxygen atoms in total. The molecule has 33 heavy (non-hydrogen) atoms. The van der Waals surface area contributed by atoms with Crippen molar-refractivity contribution in [3.05, 3.63) is 58.1 Å². The smallest absolute Gasteiger partial charge is 0.244 e. The van der Waals surface area contributed by atoms with Crippen LogP contribution in [0.1, 0.15) is 24.5 Å². The summed E-state index contributed by atoms with van der Waals surface area (Å²) < 4.78 is 32.3. The fourth-order valence-electron chi connectivity index (χ4n) is 3.41. The Balaban J connectivity index is 2.43. The predicted molar refractivity (Wildman–Crippen MR) is 133 cm³/mol. The Hall–Kier alpha value is -2.59. The second-order valence-corrected chi connectivity index (χ2v) is 10.4. The van der Waals surface area contributed by atoms with Crippen LogP contribution in [0.3, 0.4) is 0 Å². The van der Waals surface area contributed by atoms with E-state index in [-0.39, 0.29) is 12.5 Å². The van der Waals surface area contributed by atoms with E-state index in [1.54, 1.807) is 44.4 Å². The number of rotatable bonds is 10. The number of hydrogen-bond acceptors (Lipinski definition) is 5. The molecule has 180 valence electrons. The number of sulfonamides is 1. The molecule has 0 saturated heterocycles. The van der Waals surface area contributed by atoms with Crippen LogP contribution in [-0.4, -0.2) is 58.1 Å². The molecule has 0 unspecified atom stereocenters. The van der Waals surface area contributed by atoms with Crippen LogP contribution < -0.4 is 14.4 Å². The van der Waals surface area contributed by atoms with Crippen molar-refractivity contribution in [2.24, 2.45) is 0 Å². The minimum absolute atomic E-state index is 0.145. The molecule has 0 radical (unpaired) electrons. The second kappa shape index (κ2) is 11.5. The minimum Gasteiger partial charge on any atom is -0.497 e. The molecular weight excluding hydrogens is 510 g/mol. The molecule has 0 aromatic heterocycles. The topological polar surface area (TPSA) is 96.0 Å². The highest BCUT2D eigenvalue weighted by Crippen LogP contribution is 2.25. The van der Waals surface area contributed by atoms with Crippen molar-refractivity contribution in [3.8, 4) is 5.75 Å². The molecule has 0 heterocycles. The number of likely N-dealkylation sites (N-methyl/N-ethyl adjacent to an activating group) is 1. The highest BCUT2D eigenvalue weighted by atomic mass is 79.9. The Kier molecular flexibility index (Phi) is 9.30. The molecule has 1 N–H and O–H groups in total. The highest BCUT2D eigenvalue weighted by Gasteiger charge is 2.31. The zero-order chi connectivity index (χ0) is 24.8. The van der Waals surface area contributed by atoms with Crippen molar-refractivity contribution < 1.29 is 22.7 Å². The van der Waals surface area contributed by atoms with Gasteiger partial charge in [-0.25, -0.2) is 8.42 Å². The zero-order valence-corrected chi connectivity index (χ0v) is 21.9. The molecule has 0 bridgehead atoms. The average Bonchev–Trinajstić information content (AvgIpc) is 2.78. The molecule has 0 aliphatic rings. The second-order valence-electron chi connectivity index (χ2n) is 7.61. The van der Waals surface area contributed by atoms with E-state index in [1.807, 2.05) is 19.1 Å². The van der Waals surface area contributed by atoms with Crippen molar-refractivity contribution in [3.63, 3.8) is 0 Å². The average molecular weight is 540 g/mol. The van der Waals surface area contributed by atoms with Crippen LogP contribution in [-0.2, 0) is 26.2 Å². The molecule has 2 aromatic carbocycles. The van der Waals surface area contributed by atoms with E-state index in [9.17, 15) is 18.0 Å². The minimum atomic E-state index is -3.76. The van der Waals surface area contributed by atoms with Gasteiger partial charge in [-0.2, -0.15) is 0 Å². The summed E-state index contributed by atoms with van der Waals surface area (Å²) in [6.07, 6.45) is 1.43. The number of hydrogen-bond donors (Lipinski definition) is 1. The standard InChI is InChI=1S/C23H30BrN3O5S/c1-6-21(23(29)25-3)26(14-17-7-10-19(32-4)11-8-17)22(28)15-27(33(5,30)31)18-9-12-20(24)16(2)13-18/h7-13,21H,6,14-15H2,1-5H3,(H,25,29)/t21-/m1/s1. The Morgan fingerprint density at radius 3 is 2.27 bits per heavy atom. The van der Waals surface area contributed by atoms with Crippen LogP contribution in [0.5, 0.6) is 5.75 Å². The Morgan fingerprint density at radius 2 is 1.79 bits per heavy atom. The van der Waals surface area contributed by atoms with Crippen molar-refractivity contribution in [2.45, 2.75) is 32.9 Å². The van der Waals surface area contributed by atoms with Gasteiger partial charge >= 0.3 is 0 Å². The third-order valence-corrected chi connectivity index (χ3v) is 7.28. The summed E-state index contributed by atoms with van der Waals surface area (Å²) in [6, 6.07) is 11.5. The van der Waals surface area contributed by atoms with Crippen LogP contribution >= 0.6 is 15.9 Å². The van der Waals surface area contributed by atoms with Gasteiger partial charge in [-0.05, 0) is 54.8 Å². The monoisotopic (exact) mass is 539 g/mol. The van der Waals surface area contributed by atoms with Gasteiger partial charge in [-0.15, -0.1) is 0 Å². The van der Waals surface area contributed by atoms with Gasteiger partial charge in [0.25, 0.3) is 0 Å². The Labute approximate surface area is 204 Å². The third-order valence-electron chi connectivity index (χ3n) is 5.25. The number of nitrogens with zero attached hydrogens (tertiary/aromatic N) is 2. The SMILES string of the molecule is CC[C@H](C(=O)NC)N(Cc1ccc(OC)cc1)C(=O)CN(c1ccc(Br)c(C)c1)S(C)(=O)=O. The highest BCUT2D eigenvalue weighted by molar-refractivity contribution is 9.10. The number of nitrogens with one attached hydrogen (secondary N) is 1. The predicted octanol–water partition coefficient (Wildman–Crippen LogP) is 3.09. The van der Waals surface area contributed by atoms with Crippen molar-refractivity contribution in [2.75, 3.05) is 31.3 Å². The van der Waals surface area contributed by atoms with Gasteiger partial charge in [-0.1, -0.05) is 35.0 Å². The van der Waals surface area contributed by atoms with Gasteiger partial charge in [0.1, 0.15) is 18.3 Å². The number of carbonyl (C=O) groups is 2. The molecule has 0 aliphatic carbocycles. The van der Waals surface area contributed by atoms with Gasteiger partial charge in [0.05, 0.1) is 19.1 Å². The molecule has 2 amide bonds. The lowest BCUT2D eigenvalue weighted by Gasteiger charge is -2.32. The summed E-state index contributed by atoms with van der Waals surface area (Å²) in [6.45, 7) is 3.36. The van der Waals surface area contributed by atoms with E-state index in [2.05, 4.69) is 21.2 Å². The zero-order valence-electron chi connectivity index (χ0n) is 19.5. The lowest BCUT2D eigenvalue weighted by molar-refractivity contribution is -0.140. The summed E-state index contributed by atoms with van der Waals surface area (Å²) in [4.78, 5) is 27.5. The Morgan fingerprint density at radius 1 is 1.15 bits per heavy atom. The number of benzene rings is 2. The van der Waals surface area contributed by atoms with Gasteiger partial charge in [0.2, 0.25) is 21.8 Å². The number of aryl methyl sites for hydroxylation is 1. The molecule has 2 rings (SSSR count). The third kappa shape index (κ3) is 6.94. The van der Waals surface area contributed by atoms with E-state index in [4.69, 9.17) is 4.74 Å². The van der Waals surface area contributed by atoms with Crippen LogP contribution in [0.4, 0.5) is 5.69 Å². The first-order valence-electron chi connectivity index (χ1n) is 10.4. The fraction of sp³-hybridized carbons (Fsp3) is 0.391. The summed E-state index contributed by atoms with van der Waals surface area (Å²) in [5.74, 6) is -0.124. The van der Waals surface area contributed by atoms with Crippen LogP contribution in [0, 0.1) is 6.92 Å². The quantitative estimate of drug-likeness (QED) is 0.500. The maximum Gasteiger partial charge on any atom is 0.244 e. The molecule has 0 spiro atoms. The van der Waals surface area contributed by atoms with E-state index >= 15 is 0 Å². The van der Waals surface area contributed by atoms with E-state index in [0.717, 1.165) is 26.2 Å². The van der Waals surface area contributed by atoms with Crippen LogP contribution in [0.25, 0.3) is 0 Å². The fourth-order valence-corrected chi connectivity index (χ4v) is 4.50. The molecule has 0 fully saturated rings. The molecule has 2 aromatic rings. The summed E-state index contributed by atoms with van der Waals surface area (Å²) in [7, 11) is -0.692. The summed E-state index contributed by atoms with van der Waals surface area (Å²) in [5, 5.41) is 2.59. The van der Waals surface area contributed by atoms with Gasteiger partial charge in [0.15, 0.2) is 0 Å². The van der Waals surface area contributed by atoms with E-state index in [1.165, 1.54) is 11.9 Å².